The van der Waals surface area contributed by atoms with E-state index in [0.29, 0.717) is 0 Å². The van der Waals surface area contributed by atoms with E-state index in [4.69, 9.17) is 9.47 Å². The first-order chi connectivity index (χ1) is 7.16. The Morgan fingerprint density at radius 3 is 2.60 bits per heavy atom. The van der Waals surface area contributed by atoms with E-state index in [-0.39, 0.29) is 5.79 Å². The zero-order valence-electron chi connectivity index (χ0n) is 10.3. The van der Waals surface area contributed by atoms with Crippen molar-refractivity contribution in [3.05, 3.63) is 0 Å². The van der Waals surface area contributed by atoms with E-state index < -0.39 is 0 Å². The van der Waals surface area contributed by atoms with Gasteiger partial charge in [-0.2, -0.15) is 0 Å². The summed E-state index contributed by atoms with van der Waals surface area (Å²) in [6.07, 6.45) is 3.51. The van der Waals surface area contributed by atoms with Crippen LogP contribution in [0.5, 0.6) is 0 Å². The third-order valence-electron chi connectivity index (χ3n) is 2.93. The van der Waals surface area contributed by atoms with E-state index >= 15 is 0 Å². The molecule has 0 aromatic carbocycles. The summed E-state index contributed by atoms with van der Waals surface area (Å²) in [7, 11) is 0. The Labute approximate surface area is 93.5 Å². The topological polar surface area (TPSA) is 30.5 Å². The van der Waals surface area contributed by atoms with Gasteiger partial charge in [-0.1, -0.05) is 20.3 Å². The van der Waals surface area contributed by atoms with Crippen molar-refractivity contribution >= 4 is 0 Å². The minimum Gasteiger partial charge on any atom is -0.348 e. The highest BCUT2D eigenvalue weighted by atomic mass is 16.7. The minimum atomic E-state index is -0.332. The highest BCUT2D eigenvalue weighted by Gasteiger charge is 2.29. The Balaban J connectivity index is 2.01. The Morgan fingerprint density at radius 2 is 2.00 bits per heavy atom. The molecule has 0 saturated carbocycles. The first kappa shape index (κ1) is 12.9. The normalized spacial score (nSPS) is 21.8. The molecule has 0 amide bonds. The lowest BCUT2D eigenvalue weighted by molar-refractivity contribution is -0.145. The van der Waals surface area contributed by atoms with Crippen molar-refractivity contribution < 1.29 is 9.47 Å². The fraction of sp³-hybridized carbons (Fsp3) is 1.00. The van der Waals surface area contributed by atoms with Crippen LogP contribution in [-0.2, 0) is 9.47 Å². The lowest BCUT2D eigenvalue weighted by Gasteiger charge is -2.22. The molecular weight excluding hydrogens is 190 g/mol. The van der Waals surface area contributed by atoms with Gasteiger partial charge in [0.1, 0.15) is 0 Å². The molecule has 0 bridgehead atoms. The van der Waals surface area contributed by atoms with Gasteiger partial charge < -0.3 is 14.8 Å². The molecule has 15 heavy (non-hydrogen) atoms. The summed E-state index contributed by atoms with van der Waals surface area (Å²) in [5.74, 6) is 0.439. The lowest BCUT2D eigenvalue weighted by Crippen LogP contribution is -2.32. The summed E-state index contributed by atoms with van der Waals surface area (Å²) < 4.78 is 11.1. The lowest BCUT2D eigenvalue weighted by atomic mass is 10.1. The van der Waals surface area contributed by atoms with Crippen LogP contribution in [0.25, 0.3) is 0 Å². The number of hydrogen-bond acceptors (Lipinski definition) is 3. The summed E-state index contributed by atoms with van der Waals surface area (Å²) in [5.41, 5.74) is 0. The average Bonchev–Trinajstić information content (AvgIpc) is 2.61. The third kappa shape index (κ3) is 4.96. The van der Waals surface area contributed by atoms with Crippen LogP contribution in [0.15, 0.2) is 0 Å². The molecular formula is C12H25NO2. The summed E-state index contributed by atoms with van der Waals surface area (Å²) >= 11 is 0. The van der Waals surface area contributed by atoms with Gasteiger partial charge >= 0.3 is 0 Å². The van der Waals surface area contributed by atoms with Crippen LogP contribution in [-0.4, -0.2) is 32.1 Å². The Morgan fingerprint density at radius 1 is 1.33 bits per heavy atom. The van der Waals surface area contributed by atoms with Crippen molar-refractivity contribution in [3.63, 3.8) is 0 Å². The molecule has 1 N–H and O–H groups in total. The molecule has 1 saturated heterocycles. The number of ether oxygens (including phenoxy) is 2. The van der Waals surface area contributed by atoms with Gasteiger partial charge in [-0.25, -0.2) is 0 Å². The molecule has 3 nitrogen and oxygen atoms in total. The molecule has 0 radical (unpaired) electrons. The van der Waals surface area contributed by atoms with Gasteiger partial charge in [-0.3, -0.25) is 0 Å². The van der Waals surface area contributed by atoms with Crippen LogP contribution in [0, 0.1) is 5.92 Å². The van der Waals surface area contributed by atoms with Crippen LogP contribution >= 0.6 is 0 Å². The van der Waals surface area contributed by atoms with Gasteiger partial charge in [-0.05, 0) is 25.8 Å². The molecule has 0 aromatic rings. The maximum atomic E-state index is 5.53. The van der Waals surface area contributed by atoms with Crippen LogP contribution < -0.4 is 5.32 Å². The molecule has 1 fully saturated rings. The molecule has 3 heteroatoms. The van der Waals surface area contributed by atoms with E-state index in [1.54, 1.807) is 0 Å². The van der Waals surface area contributed by atoms with Gasteiger partial charge in [0.2, 0.25) is 0 Å². The van der Waals surface area contributed by atoms with Crippen molar-refractivity contribution in [3.8, 4) is 0 Å². The van der Waals surface area contributed by atoms with Crippen LogP contribution in [0.2, 0.25) is 0 Å². The first-order valence-corrected chi connectivity index (χ1v) is 6.15. The van der Waals surface area contributed by atoms with Crippen LogP contribution in [0.4, 0.5) is 0 Å². The Bertz CT molecular complexity index is 167. The predicted octanol–water partition coefficient (Wildman–Crippen LogP) is 2.17. The molecule has 1 heterocycles. The first-order valence-electron chi connectivity index (χ1n) is 6.15. The highest BCUT2D eigenvalue weighted by molar-refractivity contribution is 4.69. The SMILES string of the molecule is CCCC(C)CNCCC1(C)OCCO1. The molecule has 1 aliphatic rings. The fourth-order valence-electron chi connectivity index (χ4n) is 1.96. The molecule has 90 valence electrons. The smallest absolute Gasteiger partial charge is 0.166 e. The van der Waals surface area contributed by atoms with E-state index in [9.17, 15) is 0 Å². The molecule has 1 atom stereocenters. The summed E-state index contributed by atoms with van der Waals surface area (Å²) in [6, 6.07) is 0. The van der Waals surface area contributed by atoms with Gasteiger partial charge in [0.05, 0.1) is 13.2 Å². The molecule has 0 aliphatic carbocycles. The highest BCUT2D eigenvalue weighted by Crippen LogP contribution is 2.21. The standard InChI is InChI=1S/C12H25NO2/c1-4-5-11(2)10-13-7-6-12(3)14-8-9-15-12/h11,13H,4-10H2,1-3H3. The number of nitrogens with one attached hydrogen (secondary N) is 1. The monoisotopic (exact) mass is 215 g/mol. The predicted molar refractivity (Wildman–Crippen MR) is 61.9 cm³/mol. The van der Waals surface area contributed by atoms with Gasteiger partial charge in [0, 0.05) is 13.0 Å². The van der Waals surface area contributed by atoms with E-state index in [1.165, 1.54) is 12.8 Å². The zero-order chi connectivity index (χ0) is 11.1. The van der Waals surface area contributed by atoms with Crippen molar-refractivity contribution in [2.75, 3.05) is 26.3 Å². The van der Waals surface area contributed by atoms with E-state index in [1.807, 2.05) is 6.92 Å². The quantitative estimate of drug-likeness (QED) is 0.660. The maximum Gasteiger partial charge on any atom is 0.166 e. The second kappa shape index (κ2) is 6.46. The molecule has 0 spiro atoms. The molecule has 0 aromatic heterocycles. The number of hydrogen-bond donors (Lipinski definition) is 1. The maximum absolute atomic E-state index is 5.53. The van der Waals surface area contributed by atoms with E-state index in [2.05, 4.69) is 19.2 Å². The minimum absolute atomic E-state index is 0.332. The second-order valence-electron chi connectivity index (χ2n) is 4.68. The van der Waals surface area contributed by atoms with Gasteiger partial charge in [0.15, 0.2) is 5.79 Å². The van der Waals surface area contributed by atoms with Crippen molar-refractivity contribution in [1.29, 1.82) is 0 Å². The summed E-state index contributed by atoms with van der Waals surface area (Å²) in [4.78, 5) is 0. The summed E-state index contributed by atoms with van der Waals surface area (Å²) in [6.45, 7) is 10.1. The van der Waals surface area contributed by atoms with Gasteiger partial charge in [0.25, 0.3) is 0 Å². The van der Waals surface area contributed by atoms with Crippen LogP contribution in [0.3, 0.4) is 0 Å². The Kier molecular flexibility index (Phi) is 5.58. The molecule has 1 unspecified atom stereocenters. The van der Waals surface area contributed by atoms with Crippen molar-refractivity contribution in [2.45, 2.75) is 45.8 Å². The fourth-order valence-corrected chi connectivity index (χ4v) is 1.96. The van der Waals surface area contributed by atoms with Crippen LogP contribution in [0.1, 0.15) is 40.0 Å². The average molecular weight is 215 g/mol. The Hall–Kier alpha value is -0.120. The van der Waals surface area contributed by atoms with Crippen molar-refractivity contribution in [1.82, 2.24) is 5.32 Å². The second-order valence-corrected chi connectivity index (χ2v) is 4.68. The largest absolute Gasteiger partial charge is 0.348 e. The summed E-state index contributed by atoms with van der Waals surface area (Å²) in [5, 5.41) is 3.46. The molecule has 1 rings (SSSR count). The van der Waals surface area contributed by atoms with E-state index in [0.717, 1.165) is 38.6 Å². The number of rotatable bonds is 7. The van der Waals surface area contributed by atoms with Gasteiger partial charge in [-0.15, -0.1) is 0 Å². The zero-order valence-corrected chi connectivity index (χ0v) is 10.3. The van der Waals surface area contributed by atoms with Crippen molar-refractivity contribution in [2.24, 2.45) is 5.92 Å². The third-order valence-corrected chi connectivity index (χ3v) is 2.93. The molecule has 1 aliphatic heterocycles.